The predicted octanol–water partition coefficient (Wildman–Crippen LogP) is 2.65. The average Bonchev–Trinajstić information content (AvgIpc) is 2.81. The lowest BCUT2D eigenvalue weighted by Crippen LogP contribution is -1.91. The molecule has 0 fully saturated rings. The van der Waals surface area contributed by atoms with Crippen molar-refractivity contribution in [1.82, 2.24) is 10.2 Å². The summed E-state index contributed by atoms with van der Waals surface area (Å²) in [7, 11) is 1.70. The summed E-state index contributed by atoms with van der Waals surface area (Å²) in [5.74, 6) is 0.945. The van der Waals surface area contributed by atoms with Gasteiger partial charge >= 0.3 is 0 Å². The van der Waals surface area contributed by atoms with Crippen molar-refractivity contribution in [3.05, 3.63) is 36.0 Å². The molecule has 3 heteroatoms. The van der Waals surface area contributed by atoms with E-state index in [1.807, 2.05) is 18.2 Å². The number of ether oxygens (including phenoxy) is 1. The molecule has 0 aliphatic rings. The summed E-state index contributed by atoms with van der Waals surface area (Å²) in [5.41, 5.74) is 3.39. The van der Waals surface area contributed by atoms with E-state index in [9.17, 15) is 0 Å². The van der Waals surface area contributed by atoms with Gasteiger partial charge in [-0.15, -0.1) is 0 Å². The van der Waals surface area contributed by atoms with Crippen LogP contribution in [0.4, 0.5) is 0 Å². The van der Waals surface area contributed by atoms with Crippen LogP contribution in [-0.2, 0) is 6.42 Å². The third-order valence-electron chi connectivity index (χ3n) is 2.47. The van der Waals surface area contributed by atoms with E-state index in [2.05, 4.69) is 23.2 Å². The Morgan fingerprint density at radius 2 is 2.20 bits per heavy atom. The maximum atomic E-state index is 5.28. The fourth-order valence-corrected chi connectivity index (χ4v) is 1.64. The molecular weight excluding hydrogens is 188 g/mol. The highest BCUT2D eigenvalue weighted by Crippen LogP contribution is 2.25. The van der Waals surface area contributed by atoms with Crippen LogP contribution < -0.4 is 4.74 Å². The van der Waals surface area contributed by atoms with Crippen molar-refractivity contribution in [2.24, 2.45) is 0 Å². The third-order valence-corrected chi connectivity index (χ3v) is 2.47. The quantitative estimate of drug-likeness (QED) is 0.830. The van der Waals surface area contributed by atoms with E-state index in [1.165, 1.54) is 5.56 Å². The molecule has 1 heterocycles. The molecule has 0 saturated carbocycles. The highest BCUT2D eigenvalue weighted by Gasteiger charge is 2.04. The number of nitrogens with one attached hydrogen (secondary N) is 1. The molecule has 0 radical (unpaired) electrons. The van der Waals surface area contributed by atoms with E-state index < -0.39 is 0 Å². The van der Waals surface area contributed by atoms with E-state index in [4.69, 9.17) is 4.74 Å². The Labute approximate surface area is 89.1 Å². The highest BCUT2D eigenvalue weighted by molar-refractivity contribution is 5.61. The molecular formula is C12H14N2O. The first-order chi connectivity index (χ1) is 7.35. The smallest absolute Gasteiger partial charge is 0.122 e. The minimum atomic E-state index is 0.945. The zero-order chi connectivity index (χ0) is 10.7. The number of aromatic nitrogens is 2. The molecule has 0 unspecified atom stereocenters. The van der Waals surface area contributed by atoms with Crippen molar-refractivity contribution in [1.29, 1.82) is 0 Å². The van der Waals surface area contributed by atoms with Crippen molar-refractivity contribution in [2.75, 3.05) is 7.11 Å². The van der Waals surface area contributed by atoms with Gasteiger partial charge in [0.15, 0.2) is 0 Å². The topological polar surface area (TPSA) is 37.9 Å². The molecule has 0 amide bonds. The average molecular weight is 202 g/mol. The Balaban J connectivity index is 2.43. The maximum Gasteiger partial charge on any atom is 0.122 e. The molecule has 0 bridgehead atoms. The van der Waals surface area contributed by atoms with Gasteiger partial charge in [-0.3, -0.25) is 5.10 Å². The summed E-state index contributed by atoms with van der Waals surface area (Å²) < 4.78 is 5.28. The molecule has 2 rings (SSSR count). The second-order valence-corrected chi connectivity index (χ2v) is 3.35. The van der Waals surface area contributed by atoms with Crippen LogP contribution in [0.2, 0.25) is 0 Å². The molecule has 0 saturated heterocycles. The van der Waals surface area contributed by atoms with Crippen LogP contribution in [0.25, 0.3) is 11.3 Å². The second-order valence-electron chi connectivity index (χ2n) is 3.35. The fraction of sp³-hybridized carbons (Fsp3) is 0.250. The normalized spacial score (nSPS) is 10.3. The molecule has 0 atom stereocenters. The van der Waals surface area contributed by atoms with Crippen molar-refractivity contribution in [3.63, 3.8) is 0 Å². The number of nitrogens with zero attached hydrogens (tertiary/aromatic N) is 1. The number of benzene rings is 1. The lowest BCUT2D eigenvalue weighted by Gasteiger charge is -2.08. The molecule has 0 aliphatic heterocycles. The van der Waals surface area contributed by atoms with Gasteiger partial charge in [0.1, 0.15) is 5.75 Å². The summed E-state index contributed by atoms with van der Waals surface area (Å²) >= 11 is 0. The second kappa shape index (κ2) is 4.17. The SMILES string of the molecule is CCc1cc(-c2ccn[nH]2)ccc1OC. The number of aromatic amines is 1. The number of hydrogen-bond acceptors (Lipinski definition) is 2. The maximum absolute atomic E-state index is 5.28. The number of methoxy groups -OCH3 is 1. The third kappa shape index (κ3) is 1.86. The van der Waals surface area contributed by atoms with Gasteiger partial charge in [-0.05, 0) is 36.2 Å². The van der Waals surface area contributed by atoms with E-state index in [0.29, 0.717) is 0 Å². The minimum absolute atomic E-state index is 0.945. The van der Waals surface area contributed by atoms with Gasteiger partial charge in [-0.1, -0.05) is 6.92 Å². The van der Waals surface area contributed by atoms with Crippen LogP contribution in [-0.4, -0.2) is 17.3 Å². The zero-order valence-electron chi connectivity index (χ0n) is 8.95. The molecule has 15 heavy (non-hydrogen) atoms. The summed E-state index contributed by atoms with van der Waals surface area (Å²) in [6, 6.07) is 8.12. The first-order valence-electron chi connectivity index (χ1n) is 5.01. The van der Waals surface area contributed by atoms with Crippen molar-refractivity contribution >= 4 is 0 Å². The molecule has 3 nitrogen and oxygen atoms in total. The molecule has 78 valence electrons. The molecule has 1 aromatic carbocycles. The Hall–Kier alpha value is -1.77. The van der Waals surface area contributed by atoms with Crippen LogP contribution in [0, 0.1) is 0 Å². The number of hydrogen-bond donors (Lipinski definition) is 1. The first-order valence-corrected chi connectivity index (χ1v) is 5.01. The summed E-state index contributed by atoms with van der Waals surface area (Å²) in [4.78, 5) is 0. The van der Waals surface area contributed by atoms with E-state index in [1.54, 1.807) is 13.3 Å². The molecule has 0 aliphatic carbocycles. The standard InChI is InChI=1S/C12H14N2O/c1-3-9-8-10(4-5-12(9)15-2)11-6-7-13-14-11/h4-8H,3H2,1-2H3,(H,13,14). The van der Waals surface area contributed by atoms with Gasteiger partial charge in [0.25, 0.3) is 0 Å². The lowest BCUT2D eigenvalue weighted by atomic mass is 10.1. The first kappa shape index (κ1) is 9.77. The molecule has 0 spiro atoms. The van der Waals surface area contributed by atoms with Crippen LogP contribution >= 0.6 is 0 Å². The molecule has 1 N–H and O–H groups in total. The lowest BCUT2D eigenvalue weighted by molar-refractivity contribution is 0.410. The van der Waals surface area contributed by atoms with Crippen molar-refractivity contribution in [3.8, 4) is 17.0 Å². The Morgan fingerprint density at radius 1 is 1.33 bits per heavy atom. The number of H-pyrrole nitrogens is 1. The van der Waals surface area contributed by atoms with Gasteiger partial charge in [0.05, 0.1) is 12.8 Å². The van der Waals surface area contributed by atoms with Gasteiger partial charge in [-0.25, -0.2) is 0 Å². The molecule has 2 aromatic rings. The largest absolute Gasteiger partial charge is 0.496 e. The predicted molar refractivity (Wildman–Crippen MR) is 60.0 cm³/mol. The number of aryl methyl sites for hydroxylation is 1. The van der Waals surface area contributed by atoms with Crippen molar-refractivity contribution < 1.29 is 4.74 Å². The minimum Gasteiger partial charge on any atom is -0.496 e. The Bertz CT molecular complexity index is 435. The summed E-state index contributed by atoms with van der Waals surface area (Å²) in [5, 5.41) is 6.89. The van der Waals surface area contributed by atoms with Gasteiger partial charge in [0.2, 0.25) is 0 Å². The summed E-state index contributed by atoms with van der Waals surface area (Å²) in [6.45, 7) is 2.12. The Kier molecular flexibility index (Phi) is 2.72. The van der Waals surface area contributed by atoms with Gasteiger partial charge < -0.3 is 4.74 Å². The van der Waals surface area contributed by atoms with Gasteiger partial charge in [-0.2, -0.15) is 5.10 Å². The van der Waals surface area contributed by atoms with E-state index >= 15 is 0 Å². The van der Waals surface area contributed by atoms with E-state index in [-0.39, 0.29) is 0 Å². The summed E-state index contributed by atoms with van der Waals surface area (Å²) in [6.07, 6.45) is 2.72. The Morgan fingerprint density at radius 3 is 2.80 bits per heavy atom. The van der Waals surface area contributed by atoms with Crippen LogP contribution in [0.1, 0.15) is 12.5 Å². The van der Waals surface area contributed by atoms with Crippen molar-refractivity contribution in [2.45, 2.75) is 13.3 Å². The highest BCUT2D eigenvalue weighted by atomic mass is 16.5. The van der Waals surface area contributed by atoms with Crippen LogP contribution in [0.3, 0.4) is 0 Å². The number of rotatable bonds is 3. The van der Waals surface area contributed by atoms with Gasteiger partial charge in [0, 0.05) is 11.8 Å². The van der Waals surface area contributed by atoms with Crippen LogP contribution in [0.5, 0.6) is 5.75 Å². The van der Waals surface area contributed by atoms with E-state index in [0.717, 1.165) is 23.4 Å². The van der Waals surface area contributed by atoms with Crippen LogP contribution in [0.15, 0.2) is 30.5 Å². The zero-order valence-corrected chi connectivity index (χ0v) is 8.95. The fourth-order valence-electron chi connectivity index (χ4n) is 1.64. The molecule has 1 aromatic heterocycles. The monoisotopic (exact) mass is 202 g/mol.